The molecule has 0 aromatic heterocycles. The van der Waals surface area contributed by atoms with Gasteiger partial charge in [-0.2, -0.15) is 4.31 Å². The number of rotatable bonds is 7. The Balaban J connectivity index is 1.38. The maximum atomic E-state index is 12.8. The molecule has 0 bridgehead atoms. The van der Waals surface area contributed by atoms with E-state index in [1.165, 1.54) is 41.6 Å². The van der Waals surface area contributed by atoms with Crippen molar-refractivity contribution in [2.45, 2.75) is 30.7 Å². The second-order valence-corrected chi connectivity index (χ2v) is 10.5. The number of hydrogen-bond donors (Lipinski definition) is 1. The minimum Gasteiger partial charge on any atom is -0.454 e. The van der Waals surface area contributed by atoms with Crippen molar-refractivity contribution in [2.24, 2.45) is 0 Å². The van der Waals surface area contributed by atoms with Crippen LogP contribution in [0.4, 0.5) is 5.69 Å². The zero-order valence-electron chi connectivity index (χ0n) is 18.7. The number of sulfonamides is 1. The Morgan fingerprint density at radius 3 is 2.26 bits per heavy atom. The molecule has 0 unspecified atom stereocenters. The topological polar surface area (TPSA) is 130 Å². The third-order valence-corrected chi connectivity index (χ3v) is 8.04. The van der Waals surface area contributed by atoms with Crippen molar-refractivity contribution < 1.29 is 32.3 Å². The van der Waals surface area contributed by atoms with Gasteiger partial charge in [0.25, 0.3) is 17.7 Å². The van der Waals surface area contributed by atoms with Crippen LogP contribution in [-0.4, -0.2) is 67.1 Å². The number of benzene rings is 2. The lowest BCUT2D eigenvalue weighted by Crippen LogP contribution is -2.44. The number of halogens is 1. The first-order chi connectivity index (χ1) is 16.6. The molecule has 2 aliphatic heterocycles. The monoisotopic (exact) mass is 519 g/mol. The van der Waals surface area contributed by atoms with Crippen LogP contribution in [0.1, 0.15) is 40.5 Å². The summed E-state index contributed by atoms with van der Waals surface area (Å²) in [5, 5.41) is 2.53. The number of amides is 3. The van der Waals surface area contributed by atoms with Crippen LogP contribution < -0.4 is 5.32 Å². The SMILES string of the molecule is C[C@@H](C(=O)OCC(=O)Nc1cc(S(=O)(=O)N2CCCC2)ccc1Cl)N1C(=O)c2ccccc2C1=O. The number of nitrogens with one attached hydrogen (secondary N) is 1. The summed E-state index contributed by atoms with van der Waals surface area (Å²) >= 11 is 6.11. The van der Waals surface area contributed by atoms with Gasteiger partial charge in [-0.1, -0.05) is 23.7 Å². The van der Waals surface area contributed by atoms with Gasteiger partial charge >= 0.3 is 5.97 Å². The summed E-state index contributed by atoms with van der Waals surface area (Å²) in [6.07, 6.45) is 1.56. The van der Waals surface area contributed by atoms with Crippen molar-refractivity contribution in [1.29, 1.82) is 0 Å². The lowest BCUT2D eigenvalue weighted by Gasteiger charge is -2.20. The lowest BCUT2D eigenvalue weighted by molar-refractivity contribution is -0.150. The number of ether oxygens (including phenoxy) is 1. The van der Waals surface area contributed by atoms with Crippen LogP contribution in [0, 0.1) is 0 Å². The van der Waals surface area contributed by atoms with Gasteiger partial charge in [0.1, 0.15) is 6.04 Å². The van der Waals surface area contributed by atoms with E-state index in [9.17, 15) is 27.6 Å². The molecule has 184 valence electrons. The number of carbonyl (C=O) groups is 4. The van der Waals surface area contributed by atoms with Gasteiger partial charge in [0.05, 0.1) is 26.7 Å². The Kier molecular flexibility index (Phi) is 6.93. The van der Waals surface area contributed by atoms with Crippen molar-refractivity contribution >= 4 is 51.0 Å². The molecule has 1 saturated heterocycles. The standard InChI is InChI=1S/C23H22ClN3O7S/c1-14(27-21(29)16-6-2-3-7-17(16)22(27)30)23(31)34-13-20(28)25-19-12-15(8-9-18(19)24)35(32,33)26-10-4-5-11-26/h2-3,6-9,12,14H,4-5,10-11,13H2,1H3,(H,25,28)/t14-/m0/s1. The van der Waals surface area contributed by atoms with Gasteiger partial charge in [-0.3, -0.25) is 19.3 Å². The molecular formula is C23H22ClN3O7S. The van der Waals surface area contributed by atoms with Gasteiger partial charge in [-0.25, -0.2) is 13.2 Å². The molecule has 2 aliphatic rings. The summed E-state index contributed by atoms with van der Waals surface area (Å²) < 4.78 is 31.9. The molecule has 2 aromatic rings. The summed E-state index contributed by atoms with van der Waals surface area (Å²) in [6, 6.07) is 8.90. The zero-order chi connectivity index (χ0) is 25.3. The predicted molar refractivity (Wildman–Crippen MR) is 125 cm³/mol. The summed E-state index contributed by atoms with van der Waals surface area (Å²) in [5.74, 6) is -2.97. The van der Waals surface area contributed by atoms with Crippen molar-refractivity contribution in [3.05, 3.63) is 58.6 Å². The maximum Gasteiger partial charge on any atom is 0.329 e. The maximum absolute atomic E-state index is 12.8. The van der Waals surface area contributed by atoms with Crippen LogP contribution in [0.2, 0.25) is 5.02 Å². The fourth-order valence-electron chi connectivity index (χ4n) is 3.95. The summed E-state index contributed by atoms with van der Waals surface area (Å²) in [7, 11) is -3.72. The Bertz CT molecular complexity index is 1290. The van der Waals surface area contributed by atoms with E-state index in [0.717, 1.165) is 17.7 Å². The quantitative estimate of drug-likeness (QED) is 0.438. The largest absolute Gasteiger partial charge is 0.454 e. The molecule has 3 amide bonds. The highest BCUT2D eigenvalue weighted by Crippen LogP contribution is 2.29. The first kappa shape index (κ1) is 24.8. The molecule has 35 heavy (non-hydrogen) atoms. The second-order valence-electron chi connectivity index (χ2n) is 8.11. The molecule has 1 fully saturated rings. The molecule has 0 saturated carbocycles. The lowest BCUT2D eigenvalue weighted by atomic mass is 10.1. The number of fused-ring (bicyclic) bond motifs is 1. The Morgan fingerprint density at radius 1 is 1.06 bits per heavy atom. The molecule has 0 aliphatic carbocycles. The van der Waals surface area contributed by atoms with Gasteiger partial charge in [-0.05, 0) is 50.1 Å². The van der Waals surface area contributed by atoms with Crippen LogP contribution in [0.3, 0.4) is 0 Å². The van der Waals surface area contributed by atoms with E-state index < -0.39 is 46.4 Å². The van der Waals surface area contributed by atoms with E-state index in [1.54, 1.807) is 12.1 Å². The van der Waals surface area contributed by atoms with E-state index in [-0.39, 0.29) is 26.7 Å². The molecule has 12 heteroatoms. The van der Waals surface area contributed by atoms with E-state index in [4.69, 9.17) is 16.3 Å². The van der Waals surface area contributed by atoms with E-state index in [0.29, 0.717) is 13.1 Å². The number of hydrogen-bond acceptors (Lipinski definition) is 7. The third kappa shape index (κ3) is 4.79. The molecule has 0 spiro atoms. The van der Waals surface area contributed by atoms with Crippen LogP contribution in [0.5, 0.6) is 0 Å². The van der Waals surface area contributed by atoms with Crippen LogP contribution >= 0.6 is 11.6 Å². The number of anilines is 1. The molecular weight excluding hydrogens is 498 g/mol. The molecule has 10 nitrogen and oxygen atoms in total. The van der Waals surface area contributed by atoms with E-state index >= 15 is 0 Å². The van der Waals surface area contributed by atoms with Crippen LogP contribution in [0.25, 0.3) is 0 Å². The van der Waals surface area contributed by atoms with Crippen LogP contribution in [-0.2, 0) is 24.3 Å². The van der Waals surface area contributed by atoms with Gasteiger partial charge in [0.2, 0.25) is 10.0 Å². The number of esters is 1. The zero-order valence-corrected chi connectivity index (χ0v) is 20.3. The molecule has 0 radical (unpaired) electrons. The fourth-order valence-corrected chi connectivity index (χ4v) is 5.66. The highest BCUT2D eigenvalue weighted by molar-refractivity contribution is 7.89. The van der Waals surface area contributed by atoms with Gasteiger partial charge in [-0.15, -0.1) is 0 Å². The normalized spacial score (nSPS) is 16.8. The fraction of sp³-hybridized carbons (Fsp3) is 0.304. The minimum absolute atomic E-state index is 0.0182. The summed E-state index contributed by atoms with van der Waals surface area (Å²) in [4.78, 5) is 50.7. The minimum atomic E-state index is -3.72. The first-order valence-electron chi connectivity index (χ1n) is 10.8. The molecule has 1 N–H and O–H groups in total. The first-order valence-corrected chi connectivity index (χ1v) is 12.7. The number of nitrogens with zero attached hydrogens (tertiary/aromatic N) is 2. The predicted octanol–water partition coefficient (Wildman–Crippen LogP) is 2.29. The Morgan fingerprint density at radius 2 is 1.66 bits per heavy atom. The molecule has 2 aromatic carbocycles. The van der Waals surface area contributed by atoms with Crippen molar-refractivity contribution in [3.63, 3.8) is 0 Å². The Labute approximate surface area is 206 Å². The van der Waals surface area contributed by atoms with Gasteiger partial charge in [0, 0.05) is 13.1 Å². The third-order valence-electron chi connectivity index (χ3n) is 5.81. The number of carbonyl (C=O) groups excluding carboxylic acids is 4. The second kappa shape index (κ2) is 9.76. The molecule has 2 heterocycles. The van der Waals surface area contributed by atoms with Crippen LogP contribution in [0.15, 0.2) is 47.4 Å². The van der Waals surface area contributed by atoms with Crippen molar-refractivity contribution in [3.8, 4) is 0 Å². The van der Waals surface area contributed by atoms with E-state index in [2.05, 4.69) is 5.32 Å². The summed E-state index contributed by atoms with van der Waals surface area (Å²) in [6.45, 7) is 1.44. The Hall–Kier alpha value is -3.28. The van der Waals surface area contributed by atoms with Crippen molar-refractivity contribution in [1.82, 2.24) is 9.21 Å². The molecule has 1 atom stereocenters. The van der Waals surface area contributed by atoms with Crippen molar-refractivity contribution in [2.75, 3.05) is 25.0 Å². The van der Waals surface area contributed by atoms with E-state index in [1.807, 2.05) is 0 Å². The average Bonchev–Trinajstić information content (AvgIpc) is 3.47. The summed E-state index contributed by atoms with van der Waals surface area (Å²) in [5.41, 5.74) is 0.419. The molecule has 4 rings (SSSR count). The smallest absolute Gasteiger partial charge is 0.329 e. The highest BCUT2D eigenvalue weighted by Gasteiger charge is 2.41. The van der Waals surface area contributed by atoms with Gasteiger partial charge in [0.15, 0.2) is 6.61 Å². The average molecular weight is 520 g/mol. The van der Waals surface area contributed by atoms with Gasteiger partial charge < -0.3 is 10.1 Å². The number of imide groups is 1. The highest BCUT2D eigenvalue weighted by atomic mass is 35.5.